The zero-order valence-corrected chi connectivity index (χ0v) is 8.35. The van der Waals surface area contributed by atoms with Crippen molar-refractivity contribution in [1.82, 2.24) is 0 Å². The minimum atomic E-state index is 0.298. The average Bonchev–Trinajstić information content (AvgIpc) is 2.30. The number of hydrogen-bond acceptors (Lipinski definition) is 2. The van der Waals surface area contributed by atoms with Crippen LogP contribution in [-0.2, 0) is 6.54 Å². The predicted molar refractivity (Wildman–Crippen MR) is 61.4 cm³/mol. The highest BCUT2D eigenvalue weighted by molar-refractivity contribution is 5.70. The van der Waals surface area contributed by atoms with Crippen molar-refractivity contribution in [1.29, 1.82) is 0 Å². The molecule has 0 aliphatic heterocycles. The number of phenols is 1. The number of para-hydroxylation sites is 1. The second kappa shape index (κ2) is 4.15. The molecule has 2 nitrogen and oxygen atoms in total. The van der Waals surface area contributed by atoms with Crippen molar-refractivity contribution in [3.05, 3.63) is 54.1 Å². The minimum absolute atomic E-state index is 0.298. The minimum Gasteiger partial charge on any atom is -0.507 e. The third-order valence-electron chi connectivity index (χ3n) is 2.38. The van der Waals surface area contributed by atoms with Crippen molar-refractivity contribution < 1.29 is 5.11 Å². The molecule has 0 heterocycles. The summed E-state index contributed by atoms with van der Waals surface area (Å²) < 4.78 is 0. The van der Waals surface area contributed by atoms with Crippen LogP contribution in [0.1, 0.15) is 5.56 Å². The summed E-state index contributed by atoms with van der Waals surface area (Å²) in [7, 11) is 0. The summed E-state index contributed by atoms with van der Waals surface area (Å²) in [5.74, 6) is 0.298. The number of phenolic OH excluding ortho intramolecular Hbond substituents is 1. The molecule has 2 aromatic rings. The Labute approximate surface area is 89.0 Å². The highest BCUT2D eigenvalue weighted by atomic mass is 16.3. The maximum absolute atomic E-state index is 9.70. The van der Waals surface area contributed by atoms with Crippen molar-refractivity contribution in [2.75, 3.05) is 0 Å². The molecule has 2 aromatic carbocycles. The van der Waals surface area contributed by atoms with Gasteiger partial charge >= 0.3 is 0 Å². The lowest BCUT2D eigenvalue weighted by Crippen LogP contribution is -1.95. The van der Waals surface area contributed by atoms with Gasteiger partial charge in [0.25, 0.3) is 0 Å². The molecule has 2 rings (SSSR count). The van der Waals surface area contributed by atoms with E-state index < -0.39 is 0 Å². The van der Waals surface area contributed by atoms with Crippen LogP contribution in [0.3, 0.4) is 0 Å². The van der Waals surface area contributed by atoms with E-state index in [4.69, 9.17) is 5.73 Å². The van der Waals surface area contributed by atoms with Crippen LogP contribution in [0, 0.1) is 0 Å². The standard InChI is InChI=1S/C13H13NO/c14-9-10-4-3-5-11(8-10)12-6-1-2-7-13(12)15/h1-8,15H,9,14H2. The topological polar surface area (TPSA) is 46.2 Å². The van der Waals surface area contributed by atoms with E-state index in [-0.39, 0.29) is 0 Å². The van der Waals surface area contributed by atoms with Crippen LogP contribution in [0.25, 0.3) is 11.1 Å². The fourth-order valence-corrected chi connectivity index (χ4v) is 1.58. The van der Waals surface area contributed by atoms with E-state index in [0.717, 1.165) is 16.7 Å². The maximum atomic E-state index is 9.70. The third-order valence-corrected chi connectivity index (χ3v) is 2.38. The van der Waals surface area contributed by atoms with E-state index >= 15 is 0 Å². The first-order valence-electron chi connectivity index (χ1n) is 4.88. The molecule has 0 aliphatic rings. The van der Waals surface area contributed by atoms with E-state index in [9.17, 15) is 5.11 Å². The molecule has 0 saturated carbocycles. The van der Waals surface area contributed by atoms with Crippen LogP contribution in [0.4, 0.5) is 0 Å². The molecule has 0 radical (unpaired) electrons. The lowest BCUT2D eigenvalue weighted by atomic mass is 10.0. The lowest BCUT2D eigenvalue weighted by Gasteiger charge is -2.05. The summed E-state index contributed by atoms with van der Waals surface area (Å²) >= 11 is 0. The molecular weight excluding hydrogens is 186 g/mol. The number of rotatable bonds is 2. The molecule has 0 aromatic heterocycles. The molecule has 0 atom stereocenters. The highest BCUT2D eigenvalue weighted by Crippen LogP contribution is 2.28. The van der Waals surface area contributed by atoms with Crippen LogP contribution in [0.5, 0.6) is 5.75 Å². The first-order valence-corrected chi connectivity index (χ1v) is 4.88. The van der Waals surface area contributed by atoms with Crippen LogP contribution < -0.4 is 5.73 Å². The number of aromatic hydroxyl groups is 1. The summed E-state index contributed by atoms with van der Waals surface area (Å²) in [6, 6.07) is 15.2. The van der Waals surface area contributed by atoms with E-state index in [0.29, 0.717) is 12.3 Å². The zero-order valence-electron chi connectivity index (χ0n) is 8.35. The molecule has 2 heteroatoms. The summed E-state index contributed by atoms with van der Waals surface area (Å²) in [4.78, 5) is 0. The Balaban J connectivity index is 2.49. The van der Waals surface area contributed by atoms with Gasteiger partial charge in [-0.15, -0.1) is 0 Å². The number of benzene rings is 2. The number of nitrogens with two attached hydrogens (primary N) is 1. The monoisotopic (exact) mass is 199 g/mol. The summed E-state index contributed by atoms with van der Waals surface area (Å²) in [5, 5.41) is 9.70. The lowest BCUT2D eigenvalue weighted by molar-refractivity contribution is 0.477. The first-order chi connectivity index (χ1) is 7.31. The van der Waals surface area contributed by atoms with Gasteiger partial charge in [-0.3, -0.25) is 0 Å². The molecule has 0 spiro atoms. The van der Waals surface area contributed by atoms with Crippen molar-refractivity contribution in [2.24, 2.45) is 5.73 Å². The molecule has 0 unspecified atom stereocenters. The zero-order chi connectivity index (χ0) is 10.7. The van der Waals surface area contributed by atoms with E-state index in [1.807, 2.05) is 42.5 Å². The quantitative estimate of drug-likeness (QED) is 0.780. The van der Waals surface area contributed by atoms with Crippen molar-refractivity contribution in [2.45, 2.75) is 6.54 Å². The molecular formula is C13H13NO. The summed E-state index contributed by atoms with van der Waals surface area (Å²) in [5.41, 5.74) is 8.47. The van der Waals surface area contributed by atoms with Crippen LogP contribution in [-0.4, -0.2) is 5.11 Å². The van der Waals surface area contributed by atoms with Gasteiger partial charge in [0.05, 0.1) is 0 Å². The average molecular weight is 199 g/mol. The van der Waals surface area contributed by atoms with Crippen molar-refractivity contribution >= 4 is 0 Å². The van der Waals surface area contributed by atoms with Gasteiger partial charge in [0, 0.05) is 12.1 Å². The van der Waals surface area contributed by atoms with E-state index in [1.54, 1.807) is 6.07 Å². The second-order valence-corrected chi connectivity index (χ2v) is 3.42. The Kier molecular flexibility index (Phi) is 2.70. The molecule has 0 amide bonds. The predicted octanol–water partition coefficient (Wildman–Crippen LogP) is 2.52. The SMILES string of the molecule is NCc1cccc(-c2ccccc2O)c1. The fraction of sp³-hybridized carbons (Fsp3) is 0.0769. The number of hydrogen-bond donors (Lipinski definition) is 2. The van der Waals surface area contributed by atoms with Gasteiger partial charge in [0.1, 0.15) is 5.75 Å². The smallest absolute Gasteiger partial charge is 0.123 e. The van der Waals surface area contributed by atoms with Gasteiger partial charge in [0.2, 0.25) is 0 Å². The molecule has 0 aliphatic carbocycles. The molecule has 15 heavy (non-hydrogen) atoms. The van der Waals surface area contributed by atoms with Gasteiger partial charge < -0.3 is 10.8 Å². The van der Waals surface area contributed by atoms with Crippen molar-refractivity contribution in [3.63, 3.8) is 0 Å². The van der Waals surface area contributed by atoms with Gasteiger partial charge in [-0.05, 0) is 23.3 Å². The van der Waals surface area contributed by atoms with Crippen LogP contribution in [0.15, 0.2) is 48.5 Å². The molecule has 0 fully saturated rings. The normalized spacial score (nSPS) is 10.2. The highest BCUT2D eigenvalue weighted by Gasteiger charge is 2.02. The first kappa shape index (κ1) is 9.74. The Morgan fingerprint density at radius 3 is 2.53 bits per heavy atom. The molecule has 3 N–H and O–H groups in total. The van der Waals surface area contributed by atoms with Crippen molar-refractivity contribution in [3.8, 4) is 16.9 Å². The third kappa shape index (κ3) is 2.00. The largest absolute Gasteiger partial charge is 0.507 e. The van der Waals surface area contributed by atoms with E-state index in [2.05, 4.69) is 0 Å². The summed E-state index contributed by atoms with van der Waals surface area (Å²) in [6.45, 7) is 0.515. The van der Waals surface area contributed by atoms with E-state index in [1.165, 1.54) is 0 Å². The Morgan fingerprint density at radius 2 is 1.80 bits per heavy atom. The van der Waals surface area contributed by atoms with Gasteiger partial charge in [-0.25, -0.2) is 0 Å². The van der Waals surface area contributed by atoms with Gasteiger partial charge in [-0.1, -0.05) is 36.4 Å². The maximum Gasteiger partial charge on any atom is 0.123 e. The van der Waals surface area contributed by atoms with Crippen LogP contribution in [0.2, 0.25) is 0 Å². The molecule has 76 valence electrons. The van der Waals surface area contributed by atoms with Gasteiger partial charge in [-0.2, -0.15) is 0 Å². The Bertz CT molecular complexity index is 466. The fourth-order valence-electron chi connectivity index (χ4n) is 1.58. The second-order valence-electron chi connectivity index (χ2n) is 3.42. The molecule has 0 bridgehead atoms. The van der Waals surface area contributed by atoms with Crippen LogP contribution >= 0.6 is 0 Å². The Morgan fingerprint density at radius 1 is 1.00 bits per heavy atom. The molecule has 0 saturated heterocycles. The Hall–Kier alpha value is -1.80. The summed E-state index contributed by atoms with van der Waals surface area (Å²) in [6.07, 6.45) is 0. The van der Waals surface area contributed by atoms with Gasteiger partial charge in [0.15, 0.2) is 0 Å².